The fourth-order valence-electron chi connectivity index (χ4n) is 2.47. The summed E-state index contributed by atoms with van der Waals surface area (Å²) in [5.41, 5.74) is 0.108. The summed E-state index contributed by atoms with van der Waals surface area (Å²) in [5.74, 6) is -0.195. The predicted molar refractivity (Wildman–Crippen MR) is 103 cm³/mol. The van der Waals surface area contributed by atoms with Gasteiger partial charge in [0.2, 0.25) is 5.91 Å². The molecule has 29 heavy (non-hydrogen) atoms. The zero-order valence-corrected chi connectivity index (χ0v) is 16.7. The third-order valence-electron chi connectivity index (χ3n) is 3.93. The highest BCUT2D eigenvalue weighted by Gasteiger charge is 2.31. The maximum absolute atomic E-state index is 12.8. The lowest BCUT2D eigenvalue weighted by Crippen LogP contribution is -2.12. The van der Waals surface area contributed by atoms with E-state index in [9.17, 15) is 22.8 Å². The zero-order chi connectivity index (χ0) is 21.6. The van der Waals surface area contributed by atoms with Crippen molar-refractivity contribution in [3.05, 3.63) is 52.2 Å². The van der Waals surface area contributed by atoms with Crippen LogP contribution in [0, 0.1) is 6.92 Å². The third kappa shape index (κ3) is 6.74. The topological polar surface area (TPSA) is 68.3 Å². The Morgan fingerprint density at radius 1 is 1.21 bits per heavy atom. The molecule has 1 heterocycles. The minimum Gasteiger partial charge on any atom is -0.492 e. The number of hydrogen-bond donors (Lipinski definition) is 1. The fraction of sp³-hybridized carbons (Fsp3) is 0.350. The lowest BCUT2D eigenvalue weighted by molar-refractivity contribution is -0.137. The van der Waals surface area contributed by atoms with E-state index in [1.54, 1.807) is 19.9 Å². The van der Waals surface area contributed by atoms with Gasteiger partial charge in [0.05, 0.1) is 17.2 Å². The van der Waals surface area contributed by atoms with Gasteiger partial charge >= 0.3 is 6.18 Å². The Kier molecular flexibility index (Phi) is 7.61. The van der Waals surface area contributed by atoms with E-state index in [0.717, 1.165) is 18.2 Å². The molecule has 0 aliphatic carbocycles. The summed E-state index contributed by atoms with van der Waals surface area (Å²) >= 11 is 5.87. The SMILES string of the molecule is CCC(=O)Nc1cc(C(=O)CCCOc2cc(C(F)(F)F)ccc2Cl)cc(C)n1. The molecule has 2 aromatic rings. The first-order chi connectivity index (χ1) is 13.6. The molecule has 0 spiro atoms. The van der Waals surface area contributed by atoms with E-state index < -0.39 is 11.7 Å². The number of nitrogens with zero attached hydrogens (tertiary/aromatic N) is 1. The molecular formula is C20H20ClF3N2O3. The molecule has 0 aliphatic rings. The molecule has 0 unspecified atom stereocenters. The average Bonchev–Trinajstić information content (AvgIpc) is 2.64. The number of benzene rings is 1. The second-order valence-electron chi connectivity index (χ2n) is 6.30. The van der Waals surface area contributed by atoms with Crippen LogP contribution in [0.4, 0.5) is 19.0 Å². The largest absolute Gasteiger partial charge is 0.492 e. The summed E-state index contributed by atoms with van der Waals surface area (Å²) in [6.07, 6.45) is -3.82. The van der Waals surface area contributed by atoms with Gasteiger partial charge in [-0.3, -0.25) is 9.59 Å². The number of anilines is 1. The Morgan fingerprint density at radius 3 is 2.59 bits per heavy atom. The minimum atomic E-state index is -4.50. The number of halogens is 4. The van der Waals surface area contributed by atoms with Gasteiger partial charge in [0.15, 0.2) is 5.78 Å². The van der Waals surface area contributed by atoms with E-state index in [2.05, 4.69) is 10.3 Å². The van der Waals surface area contributed by atoms with Crippen LogP contribution in [0.1, 0.15) is 47.8 Å². The summed E-state index contributed by atoms with van der Waals surface area (Å²) in [6.45, 7) is 3.43. The van der Waals surface area contributed by atoms with Crippen molar-refractivity contribution in [2.75, 3.05) is 11.9 Å². The Balaban J connectivity index is 1.95. The molecule has 0 bridgehead atoms. The van der Waals surface area contributed by atoms with Gasteiger partial charge in [0.25, 0.3) is 0 Å². The molecule has 0 saturated carbocycles. The first kappa shape index (κ1) is 22.7. The summed E-state index contributed by atoms with van der Waals surface area (Å²) in [6, 6.07) is 5.93. The molecule has 1 aromatic carbocycles. The van der Waals surface area contributed by atoms with Gasteiger partial charge < -0.3 is 10.1 Å². The van der Waals surface area contributed by atoms with Crippen molar-refractivity contribution in [2.45, 2.75) is 39.3 Å². The van der Waals surface area contributed by atoms with Crippen molar-refractivity contribution in [1.29, 1.82) is 0 Å². The smallest absolute Gasteiger partial charge is 0.416 e. The molecule has 0 aliphatic heterocycles. The lowest BCUT2D eigenvalue weighted by atomic mass is 10.1. The Hall–Kier alpha value is -2.61. The number of aromatic nitrogens is 1. The highest BCUT2D eigenvalue weighted by molar-refractivity contribution is 6.32. The van der Waals surface area contributed by atoms with Gasteiger partial charge in [-0.2, -0.15) is 13.2 Å². The van der Waals surface area contributed by atoms with E-state index in [1.807, 2.05) is 0 Å². The van der Waals surface area contributed by atoms with Crippen LogP contribution >= 0.6 is 11.6 Å². The molecule has 1 N–H and O–H groups in total. The molecule has 9 heteroatoms. The van der Waals surface area contributed by atoms with Crippen LogP contribution in [-0.4, -0.2) is 23.3 Å². The zero-order valence-electron chi connectivity index (χ0n) is 15.9. The van der Waals surface area contributed by atoms with Crippen LogP contribution in [0.25, 0.3) is 0 Å². The molecule has 1 amide bonds. The van der Waals surface area contributed by atoms with E-state index >= 15 is 0 Å². The second-order valence-corrected chi connectivity index (χ2v) is 6.71. The molecule has 5 nitrogen and oxygen atoms in total. The van der Waals surface area contributed by atoms with Crippen molar-refractivity contribution in [3.8, 4) is 5.75 Å². The van der Waals surface area contributed by atoms with Gasteiger partial charge in [0, 0.05) is 24.1 Å². The number of carbonyl (C=O) groups excluding carboxylic acids is 2. The van der Waals surface area contributed by atoms with E-state index in [0.29, 0.717) is 17.1 Å². The number of amides is 1. The van der Waals surface area contributed by atoms with Gasteiger partial charge in [-0.25, -0.2) is 4.98 Å². The molecule has 0 saturated heterocycles. The number of hydrogen-bond acceptors (Lipinski definition) is 4. The van der Waals surface area contributed by atoms with Crippen molar-refractivity contribution in [2.24, 2.45) is 0 Å². The van der Waals surface area contributed by atoms with Crippen LogP contribution in [0.15, 0.2) is 30.3 Å². The maximum atomic E-state index is 12.8. The lowest BCUT2D eigenvalue weighted by Gasteiger charge is -2.12. The molecule has 0 radical (unpaired) electrons. The number of Topliss-reactive ketones (excluding diaryl/α,β-unsaturated/α-hetero) is 1. The molecular weight excluding hydrogens is 409 g/mol. The number of pyridine rings is 1. The van der Waals surface area contributed by atoms with Crippen molar-refractivity contribution < 1.29 is 27.5 Å². The summed E-state index contributed by atoms with van der Waals surface area (Å²) < 4.78 is 43.6. The minimum absolute atomic E-state index is 0.0241. The van der Waals surface area contributed by atoms with Crippen LogP contribution < -0.4 is 10.1 Å². The Bertz CT molecular complexity index is 901. The Labute approximate surface area is 171 Å². The highest BCUT2D eigenvalue weighted by atomic mass is 35.5. The van der Waals surface area contributed by atoms with Gasteiger partial charge in [-0.15, -0.1) is 0 Å². The standard InChI is InChI=1S/C20H20ClF3N2O3/c1-3-19(28)26-18-10-13(9-12(2)25-18)16(27)5-4-8-29-17-11-14(20(22,23)24)6-7-15(17)21/h6-7,9-11H,3-5,8H2,1-2H3,(H,25,26,28). The van der Waals surface area contributed by atoms with Crippen LogP contribution in [-0.2, 0) is 11.0 Å². The first-order valence-corrected chi connectivity index (χ1v) is 9.29. The summed E-state index contributed by atoms with van der Waals surface area (Å²) in [4.78, 5) is 28.1. The average molecular weight is 429 g/mol. The van der Waals surface area contributed by atoms with Crippen molar-refractivity contribution >= 4 is 29.1 Å². The van der Waals surface area contributed by atoms with E-state index in [4.69, 9.17) is 16.3 Å². The number of alkyl halides is 3. The van der Waals surface area contributed by atoms with Crippen LogP contribution in [0.5, 0.6) is 5.75 Å². The van der Waals surface area contributed by atoms with E-state index in [1.165, 1.54) is 6.07 Å². The maximum Gasteiger partial charge on any atom is 0.416 e. The van der Waals surface area contributed by atoms with Crippen LogP contribution in [0.2, 0.25) is 5.02 Å². The molecule has 2 rings (SSSR count). The summed E-state index contributed by atoms with van der Waals surface area (Å²) in [7, 11) is 0. The number of ketones is 1. The second kappa shape index (κ2) is 9.73. The normalized spacial score (nSPS) is 11.2. The number of rotatable bonds is 8. The summed E-state index contributed by atoms with van der Waals surface area (Å²) in [5, 5.41) is 2.67. The molecule has 0 fully saturated rings. The monoisotopic (exact) mass is 428 g/mol. The number of carbonyl (C=O) groups is 2. The third-order valence-corrected chi connectivity index (χ3v) is 4.24. The molecule has 0 atom stereocenters. The number of nitrogens with one attached hydrogen (secondary N) is 1. The molecule has 156 valence electrons. The first-order valence-electron chi connectivity index (χ1n) is 8.91. The van der Waals surface area contributed by atoms with Gasteiger partial charge in [-0.05, 0) is 43.7 Å². The van der Waals surface area contributed by atoms with Gasteiger partial charge in [0.1, 0.15) is 11.6 Å². The Morgan fingerprint density at radius 2 is 1.93 bits per heavy atom. The predicted octanol–water partition coefficient (Wildman–Crippen LogP) is 5.45. The number of ether oxygens (including phenoxy) is 1. The fourth-order valence-corrected chi connectivity index (χ4v) is 2.65. The quantitative estimate of drug-likeness (QED) is 0.448. The van der Waals surface area contributed by atoms with Gasteiger partial charge in [-0.1, -0.05) is 18.5 Å². The van der Waals surface area contributed by atoms with Crippen molar-refractivity contribution in [3.63, 3.8) is 0 Å². The highest BCUT2D eigenvalue weighted by Crippen LogP contribution is 2.35. The number of aryl methyl sites for hydroxylation is 1. The van der Waals surface area contributed by atoms with E-state index in [-0.39, 0.29) is 48.3 Å². The molecule has 1 aromatic heterocycles. The van der Waals surface area contributed by atoms with Crippen LogP contribution in [0.3, 0.4) is 0 Å². The van der Waals surface area contributed by atoms with Crippen molar-refractivity contribution in [1.82, 2.24) is 4.98 Å².